The molecule has 11 heteroatoms. The summed E-state index contributed by atoms with van der Waals surface area (Å²) in [6.45, 7) is 0. The van der Waals surface area contributed by atoms with Gasteiger partial charge in [0.25, 0.3) is 10.0 Å². The Hall–Kier alpha value is -1.91. The first kappa shape index (κ1) is 15.5. The van der Waals surface area contributed by atoms with Gasteiger partial charge in [0.05, 0.1) is 9.95 Å². The van der Waals surface area contributed by atoms with Gasteiger partial charge in [0.2, 0.25) is 0 Å². The number of aromatic nitrogens is 1. The monoisotopic (exact) mass is 348 g/mol. The van der Waals surface area contributed by atoms with Crippen molar-refractivity contribution >= 4 is 49.5 Å². The molecule has 0 aliphatic heterocycles. The van der Waals surface area contributed by atoms with Gasteiger partial charge >= 0.3 is 5.69 Å². The fourth-order valence-electron chi connectivity index (χ4n) is 1.45. The van der Waals surface area contributed by atoms with Crippen LogP contribution in [0.25, 0.3) is 0 Å². The maximum atomic E-state index is 12.2. The lowest BCUT2D eigenvalue weighted by Gasteiger charge is -2.05. The van der Waals surface area contributed by atoms with Crippen molar-refractivity contribution in [1.29, 1.82) is 0 Å². The molecule has 0 radical (unpaired) electrons. The van der Waals surface area contributed by atoms with E-state index in [9.17, 15) is 18.5 Å². The first-order chi connectivity index (χ1) is 9.85. The Labute approximate surface area is 129 Å². The quantitative estimate of drug-likeness (QED) is 0.634. The minimum atomic E-state index is -4.00. The van der Waals surface area contributed by atoms with Crippen LogP contribution in [-0.4, -0.2) is 25.4 Å². The van der Waals surface area contributed by atoms with Crippen LogP contribution < -0.4 is 10.0 Å². The second-order valence-corrected chi connectivity index (χ2v) is 7.09. The van der Waals surface area contributed by atoms with Gasteiger partial charge in [0.1, 0.15) is 4.21 Å². The van der Waals surface area contributed by atoms with Crippen LogP contribution in [-0.2, 0) is 10.0 Å². The van der Waals surface area contributed by atoms with Crippen molar-refractivity contribution in [3.63, 3.8) is 0 Å². The molecule has 0 aliphatic carbocycles. The number of nitro groups is 1. The molecule has 0 aromatic carbocycles. The summed E-state index contributed by atoms with van der Waals surface area (Å²) in [5.41, 5.74) is -0.310. The smallest absolute Gasteiger partial charge is 0.304 e. The van der Waals surface area contributed by atoms with Crippen molar-refractivity contribution in [2.24, 2.45) is 0 Å². The van der Waals surface area contributed by atoms with Crippen molar-refractivity contribution in [2.45, 2.75) is 4.21 Å². The van der Waals surface area contributed by atoms with Gasteiger partial charge in [-0.1, -0.05) is 22.9 Å². The number of pyridine rings is 1. The Morgan fingerprint density at radius 2 is 2.19 bits per heavy atom. The fraction of sp³-hybridized carbons (Fsp3) is 0.100. The number of rotatable bonds is 5. The topological polar surface area (TPSA) is 114 Å². The molecule has 0 bridgehead atoms. The van der Waals surface area contributed by atoms with E-state index in [4.69, 9.17) is 11.6 Å². The highest BCUT2D eigenvalue weighted by molar-refractivity contribution is 7.94. The molecule has 0 aliphatic rings. The molecular weight excluding hydrogens is 340 g/mol. The maximum Gasteiger partial charge on any atom is 0.304 e. The predicted molar refractivity (Wildman–Crippen MR) is 80.6 cm³/mol. The highest BCUT2D eigenvalue weighted by Crippen LogP contribution is 2.37. The Bertz CT molecular complexity index is 790. The number of nitrogens with zero attached hydrogens (tertiary/aromatic N) is 2. The molecule has 0 spiro atoms. The molecule has 0 atom stereocenters. The highest BCUT2D eigenvalue weighted by atomic mass is 35.5. The summed E-state index contributed by atoms with van der Waals surface area (Å²) < 4.78 is 26.4. The Morgan fingerprint density at radius 1 is 1.48 bits per heavy atom. The molecule has 2 aromatic heterocycles. The number of hydrogen-bond acceptors (Lipinski definition) is 7. The summed E-state index contributed by atoms with van der Waals surface area (Å²) in [7, 11) is -2.53. The molecule has 0 unspecified atom stereocenters. The van der Waals surface area contributed by atoms with Gasteiger partial charge in [-0.05, 0) is 12.1 Å². The minimum absolute atomic E-state index is 0.0405. The van der Waals surface area contributed by atoms with Crippen LogP contribution in [0.4, 0.5) is 16.5 Å². The van der Waals surface area contributed by atoms with E-state index >= 15 is 0 Å². The van der Waals surface area contributed by atoms with E-state index in [0.717, 1.165) is 17.4 Å². The van der Waals surface area contributed by atoms with Crippen LogP contribution >= 0.6 is 22.9 Å². The zero-order valence-electron chi connectivity index (χ0n) is 10.5. The van der Waals surface area contributed by atoms with Crippen LogP contribution in [0, 0.1) is 10.1 Å². The lowest BCUT2D eigenvalue weighted by Crippen LogP contribution is -2.12. The number of sulfonamides is 1. The van der Waals surface area contributed by atoms with E-state index in [0.29, 0.717) is 0 Å². The second-order valence-electron chi connectivity index (χ2n) is 3.73. The molecular formula is C10H9ClN4O4S2. The predicted octanol–water partition coefficient (Wildman–Crippen LogP) is 2.55. The average molecular weight is 349 g/mol. The van der Waals surface area contributed by atoms with Crippen LogP contribution in [0.2, 0.25) is 5.02 Å². The minimum Gasteiger partial charge on any atom is -0.374 e. The standard InChI is InChI=1S/C10H9ClN4O4S2/c1-12-10-7(15(16)17)5-8(20-10)21(18,19)14-9-6(11)3-2-4-13-9/h2-5,12H,1H3,(H,13,14). The zero-order chi connectivity index (χ0) is 15.6. The third-order valence-corrected chi connectivity index (χ3v) is 5.63. The van der Waals surface area contributed by atoms with Crippen molar-refractivity contribution in [3.8, 4) is 0 Å². The van der Waals surface area contributed by atoms with E-state index in [1.807, 2.05) is 0 Å². The summed E-state index contributed by atoms with van der Waals surface area (Å²) >= 11 is 6.57. The average Bonchev–Trinajstić information content (AvgIpc) is 2.86. The lowest BCUT2D eigenvalue weighted by molar-refractivity contribution is -0.383. The number of thiophene rings is 1. The van der Waals surface area contributed by atoms with Gasteiger partial charge < -0.3 is 5.32 Å². The Morgan fingerprint density at radius 3 is 2.71 bits per heavy atom. The second kappa shape index (κ2) is 5.84. The van der Waals surface area contributed by atoms with Crippen molar-refractivity contribution < 1.29 is 13.3 Å². The molecule has 8 nitrogen and oxygen atoms in total. The Balaban J connectivity index is 2.41. The number of nitrogens with one attached hydrogen (secondary N) is 2. The van der Waals surface area contributed by atoms with Crippen molar-refractivity contribution in [3.05, 3.63) is 39.5 Å². The molecule has 2 aromatic rings. The third-order valence-electron chi connectivity index (χ3n) is 2.37. The number of anilines is 2. The maximum absolute atomic E-state index is 12.2. The largest absolute Gasteiger partial charge is 0.374 e. The Kier molecular flexibility index (Phi) is 4.30. The summed E-state index contributed by atoms with van der Waals surface area (Å²) in [5.74, 6) is -0.0405. The van der Waals surface area contributed by atoms with E-state index in [1.165, 1.54) is 19.3 Å². The van der Waals surface area contributed by atoms with Crippen LogP contribution in [0.3, 0.4) is 0 Å². The molecule has 0 amide bonds. The fourth-order valence-corrected chi connectivity index (χ4v) is 3.98. The molecule has 2 rings (SSSR count). The van der Waals surface area contributed by atoms with Gasteiger partial charge in [-0.15, -0.1) is 0 Å². The van der Waals surface area contributed by atoms with Crippen LogP contribution in [0.15, 0.2) is 28.6 Å². The SMILES string of the molecule is CNc1sc(S(=O)(=O)Nc2ncccc2Cl)cc1[N+](=O)[O-]. The summed E-state index contributed by atoms with van der Waals surface area (Å²) in [6.07, 6.45) is 1.37. The molecule has 2 heterocycles. The van der Waals surface area contributed by atoms with E-state index in [2.05, 4.69) is 15.0 Å². The highest BCUT2D eigenvalue weighted by Gasteiger charge is 2.26. The summed E-state index contributed by atoms with van der Waals surface area (Å²) in [6, 6.07) is 4.01. The molecule has 0 saturated carbocycles. The normalized spacial score (nSPS) is 11.1. The van der Waals surface area contributed by atoms with Gasteiger partial charge in [-0.25, -0.2) is 13.4 Å². The van der Waals surface area contributed by atoms with Crippen LogP contribution in [0.1, 0.15) is 0 Å². The molecule has 0 saturated heterocycles. The molecule has 0 fully saturated rings. The lowest BCUT2D eigenvalue weighted by atomic mass is 10.5. The van der Waals surface area contributed by atoms with E-state index in [1.54, 1.807) is 6.07 Å². The zero-order valence-corrected chi connectivity index (χ0v) is 12.9. The van der Waals surface area contributed by atoms with E-state index in [-0.39, 0.29) is 25.7 Å². The summed E-state index contributed by atoms with van der Waals surface area (Å²) in [4.78, 5) is 14.0. The third kappa shape index (κ3) is 3.23. The first-order valence-corrected chi connectivity index (χ1v) is 8.12. The van der Waals surface area contributed by atoms with Gasteiger partial charge in [0, 0.05) is 19.3 Å². The molecule has 21 heavy (non-hydrogen) atoms. The van der Waals surface area contributed by atoms with Gasteiger partial charge in [-0.3, -0.25) is 14.8 Å². The number of hydrogen-bond donors (Lipinski definition) is 2. The van der Waals surface area contributed by atoms with Crippen LogP contribution in [0.5, 0.6) is 0 Å². The molecule has 2 N–H and O–H groups in total. The van der Waals surface area contributed by atoms with Gasteiger partial charge in [-0.2, -0.15) is 0 Å². The summed E-state index contributed by atoms with van der Waals surface area (Å²) in [5, 5.41) is 13.7. The first-order valence-electron chi connectivity index (χ1n) is 5.44. The van der Waals surface area contributed by atoms with Gasteiger partial charge in [0.15, 0.2) is 10.8 Å². The number of halogens is 1. The van der Waals surface area contributed by atoms with E-state index < -0.39 is 14.9 Å². The molecule has 112 valence electrons. The van der Waals surface area contributed by atoms with Crippen molar-refractivity contribution in [1.82, 2.24) is 4.98 Å². The van der Waals surface area contributed by atoms with Crippen molar-refractivity contribution in [2.75, 3.05) is 17.1 Å².